The van der Waals surface area contributed by atoms with Crippen molar-refractivity contribution >= 4 is 35.3 Å². The number of benzene rings is 1. The minimum atomic E-state index is -4.41. The molecule has 7 nitrogen and oxygen atoms in total. The number of aliphatic hydroxyl groups excluding tert-OH is 1. The van der Waals surface area contributed by atoms with Gasteiger partial charge in [0.2, 0.25) is 5.91 Å². The molecule has 1 atom stereocenters. The molecular formula is C14H14F3N3O4S. The number of urea groups is 1. The molecule has 1 aliphatic rings. The number of carbonyl (C=O) groups is 3. The lowest BCUT2D eigenvalue weighted by atomic mass is 9.90. The van der Waals surface area contributed by atoms with Crippen LogP contribution in [0, 0.1) is 0 Å². The molecule has 0 aromatic heterocycles. The summed E-state index contributed by atoms with van der Waals surface area (Å²) in [4.78, 5) is 35.0. The number of nitrogens with one attached hydrogen (secondary N) is 3. The lowest BCUT2D eigenvalue weighted by molar-refractivity contribution is -0.139. The average Bonchev–Trinajstić information content (AvgIpc) is 2.51. The summed E-state index contributed by atoms with van der Waals surface area (Å²) >= 11 is -0.286. The number of alkyl halides is 3. The van der Waals surface area contributed by atoms with Gasteiger partial charge >= 0.3 is 11.5 Å². The van der Waals surface area contributed by atoms with Crippen LogP contribution in [0.4, 0.5) is 23.7 Å². The van der Waals surface area contributed by atoms with Crippen LogP contribution in [0.3, 0.4) is 0 Å². The number of halogens is 3. The highest BCUT2D eigenvalue weighted by Crippen LogP contribution is 2.37. The van der Waals surface area contributed by atoms with Crippen molar-refractivity contribution in [2.24, 2.45) is 0 Å². The molecular weight excluding hydrogens is 363 g/mol. The summed E-state index contributed by atoms with van der Waals surface area (Å²) in [6.07, 6.45) is -0.112. The van der Waals surface area contributed by atoms with E-state index in [0.717, 1.165) is 0 Å². The number of anilines is 1. The van der Waals surface area contributed by atoms with Gasteiger partial charge in [0.15, 0.2) is 0 Å². The van der Waals surface area contributed by atoms with Gasteiger partial charge in [-0.25, -0.2) is 4.79 Å². The first-order valence-corrected chi connectivity index (χ1v) is 7.85. The zero-order valence-corrected chi connectivity index (χ0v) is 13.5. The zero-order chi connectivity index (χ0) is 18.7. The quantitative estimate of drug-likeness (QED) is 0.471. The predicted octanol–water partition coefficient (Wildman–Crippen LogP) is 1.59. The Balaban J connectivity index is 1.99. The standard InChI is InChI=1S/C14H14F3N3O4S/c15-14(16,17)25-9-3-1-8(2-4-9)18-12(24)20-13(7-21)6-5-10(22)19-11(13)23/h1-4,21H,5-7H2,(H2,18,20,24)(H,19,22,23). The summed E-state index contributed by atoms with van der Waals surface area (Å²) in [7, 11) is 0. The first-order valence-electron chi connectivity index (χ1n) is 7.04. The molecule has 1 aromatic rings. The van der Waals surface area contributed by atoms with Crippen LogP contribution in [-0.2, 0) is 9.59 Å². The molecule has 0 spiro atoms. The van der Waals surface area contributed by atoms with Crippen molar-refractivity contribution in [3.05, 3.63) is 24.3 Å². The van der Waals surface area contributed by atoms with Gasteiger partial charge in [0.25, 0.3) is 5.91 Å². The minimum absolute atomic E-state index is 0.0457. The van der Waals surface area contributed by atoms with E-state index >= 15 is 0 Å². The van der Waals surface area contributed by atoms with E-state index in [0.29, 0.717) is 0 Å². The Labute approximate surface area is 144 Å². The normalized spacial score (nSPS) is 20.8. The molecule has 1 heterocycles. The Morgan fingerprint density at radius 2 is 1.92 bits per heavy atom. The second-order valence-electron chi connectivity index (χ2n) is 5.27. The second-order valence-corrected chi connectivity index (χ2v) is 6.41. The number of hydrogen-bond acceptors (Lipinski definition) is 5. The van der Waals surface area contributed by atoms with Crippen molar-refractivity contribution in [3.8, 4) is 0 Å². The van der Waals surface area contributed by atoms with Crippen molar-refractivity contribution in [1.29, 1.82) is 0 Å². The number of amides is 4. The molecule has 136 valence electrons. The molecule has 25 heavy (non-hydrogen) atoms. The number of thioether (sulfide) groups is 1. The molecule has 2 rings (SSSR count). The summed E-state index contributed by atoms with van der Waals surface area (Å²) < 4.78 is 36.8. The fraction of sp³-hybridized carbons (Fsp3) is 0.357. The molecule has 1 aromatic carbocycles. The van der Waals surface area contributed by atoms with E-state index in [2.05, 4.69) is 10.6 Å². The van der Waals surface area contributed by atoms with Gasteiger partial charge < -0.3 is 15.7 Å². The number of hydrogen-bond donors (Lipinski definition) is 4. The Kier molecular flexibility index (Phi) is 5.58. The van der Waals surface area contributed by atoms with Crippen LogP contribution >= 0.6 is 11.8 Å². The molecule has 4 N–H and O–H groups in total. The van der Waals surface area contributed by atoms with Crippen molar-refractivity contribution in [2.45, 2.75) is 28.8 Å². The molecule has 11 heteroatoms. The molecule has 1 unspecified atom stereocenters. The van der Waals surface area contributed by atoms with Crippen LogP contribution in [0.2, 0.25) is 0 Å². The van der Waals surface area contributed by atoms with E-state index in [1.165, 1.54) is 24.3 Å². The summed E-state index contributed by atoms with van der Waals surface area (Å²) in [6.45, 7) is -0.708. The van der Waals surface area contributed by atoms with E-state index in [-0.39, 0.29) is 35.2 Å². The lowest BCUT2D eigenvalue weighted by Gasteiger charge is -2.34. The third-order valence-electron chi connectivity index (χ3n) is 3.43. The van der Waals surface area contributed by atoms with Crippen LogP contribution in [0.25, 0.3) is 0 Å². The summed E-state index contributed by atoms with van der Waals surface area (Å²) in [6, 6.07) is 4.06. The average molecular weight is 377 g/mol. The smallest absolute Gasteiger partial charge is 0.393 e. The van der Waals surface area contributed by atoms with E-state index in [9.17, 15) is 32.7 Å². The van der Waals surface area contributed by atoms with Gasteiger partial charge in [-0.05, 0) is 42.4 Å². The molecule has 1 fully saturated rings. The van der Waals surface area contributed by atoms with Crippen LogP contribution in [0.15, 0.2) is 29.2 Å². The number of carbonyl (C=O) groups excluding carboxylic acids is 3. The Morgan fingerprint density at radius 1 is 1.28 bits per heavy atom. The number of imide groups is 1. The lowest BCUT2D eigenvalue weighted by Crippen LogP contribution is -2.65. The van der Waals surface area contributed by atoms with Crippen LogP contribution in [0.1, 0.15) is 12.8 Å². The maximum atomic E-state index is 12.3. The highest BCUT2D eigenvalue weighted by atomic mass is 32.2. The second kappa shape index (κ2) is 7.31. The van der Waals surface area contributed by atoms with Gasteiger partial charge in [-0.15, -0.1) is 0 Å². The largest absolute Gasteiger partial charge is 0.446 e. The van der Waals surface area contributed by atoms with E-state index in [1.807, 2.05) is 5.32 Å². The Morgan fingerprint density at radius 3 is 2.44 bits per heavy atom. The van der Waals surface area contributed by atoms with Gasteiger partial charge in [0, 0.05) is 17.0 Å². The van der Waals surface area contributed by atoms with Crippen LogP contribution in [0.5, 0.6) is 0 Å². The van der Waals surface area contributed by atoms with Crippen molar-refractivity contribution in [1.82, 2.24) is 10.6 Å². The molecule has 1 aliphatic heterocycles. The van der Waals surface area contributed by atoms with Gasteiger partial charge in [-0.3, -0.25) is 14.9 Å². The number of rotatable bonds is 4. The maximum Gasteiger partial charge on any atom is 0.446 e. The molecule has 0 radical (unpaired) electrons. The maximum absolute atomic E-state index is 12.3. The third kappa shape index (κ3) is 5.10. The zero-order valence-electron chi connectivity index (χ0n) is 12.6. The van der Waals surface area contributed by atoms with Crippen LogP contribution in [-0.4, -0.2) is 40.6 Å². The predicted molar refractivity (Wildman–Crippen MR) is 82.7 cm³/mol. The van der Waals surface area contributed by atoms with Crippen molar-refractivity contribution in [2.75, 3.05) is 11.9 Å². The van der Waals surface area contributed by atoms with E-state index in [1.54, 1.807) is 0 Å². The topological polar surface area (TPSA) is 108 Å². The van der Waals surface area contributed by atoms with Crippen molar-refractivity contribution in [3.63, 3.8) is 0 Å². The number of aliphatic hydroxyl groups is 1. The summed E-state index contributed by atoms with van der Waals surface area (Å²) in [5.41, 5.74) is -5.85. The first kappa shape index (κ1) is 19.1. The third-order valence-corrected chi connectivity index (χ3v) is 4.17. The molecule has 0 saturated carbocycles. The molecule has 0 aliphatic carbocycles. The highest BCUT2D eigenvalue weighted by Gasteiger charge is 2.43. The Bertz CT molecular complexity index is 681. The summed E-state index contributed by atoms with van der Waals surface area (Å²) in [5.74, 6) is -1.33. The fourth-order valence-corrected chi connectivity index (χ4v) is 2.72. The van der Waals surface area contributed by atoms with Gasteiger partial charge in [0.05, 0.1) is 6.61 Å². The fourth-order valence-electron chi connectivity index (χ4n) is 2.18. The summed E-state index contributed by atoms with van der Waals surface area (Å²) in [5, 5.41) is 16.1. The van der Waals surface area contributed by atoms with Crippen LogP contribution < -0.4 is 16.0 Å². The van der Waals surface area contributed by atoms with Gasteiger partial charge in [0.1, 0.15) is 5.54 Å². The highest BCUT2D eigenvalue weighted by molar-refractivity contribution is 8.00. The van der Waals surface area contributed by atoms with Gasteiger partial charge in [-0.2, -0.15) is 13.2 Å². The first-order chi connectivity index (χ1) is 11.6. The number of piperidine rings is 1. The van der Waals surface area contributed by atoms with E-state index in [4.69, 9.17) is 0 Å². The van der Waals surface area contributed by atoms with Crippen molar-refractivity contribution < 1.29 is 32.7 Å². The molecule has 0 bridgehead atoms. The monoisotopic (exact) mass is 377 g/mol. The molecule has 4 amide bonds. The Hall–Kier alpha value is -2.27. The van der Waals surface area contributed by atoms with Gasteiger partial charge in [-0.1, -0.05) is 0 Å². The minimum Gasteiger partial charge on any atom is -0.393 e. The van der Waals surface area contributed by atoms with E-state index < -0.39 is 35.5 Å². The SMILES string of the molecule is O=C1CCC(CO)(NC(=O)Nc2ccc(SC(F)(F)F)cc2)C(=O)N1. The molecule has 1 saturated heterocycles.